The molecule has 0 fully saturated rings. The maximum atomic E-state index is 12.3. The van der Waals surface area contributed by atoms with E-state index in [0.717, 1.165) is 5.75 Å². The first kappa shape index (κ1) is 18.8. The molecule has 2 N–H and O–H groups in total. The van der Waals surface area contributed by atoms with Gasteiger partial charge in [0.05, 0.1) is 11.5 Å². The molecule has 1 atom stereocenters. The van der Waals surface area contributed by atoms with E-state index in [-0.39, 0.29) is 22.8 Å². The van der Waals surface area contributed by atoms with Crippen molar-refractivity contribution >= 4 is 35.0 Å². The van der Waals surface area contributed by atoms with Crippen LogP contribution in [0.15, 0.2) is 77.4 Å². The summed E-state index contributed by atoms with van der Waals surface area (Å²) in [5, 5.41) is 5.45. The van der Waals surface area contributed by atoms with E-state index in [1.807, 2.05) is 37.3 Å². The minimum absolute atomic E-state index is 0.0525. The summed E-state index contributed by atoms with van der Waals surface area (Å²) in [7, 11) is 0. The molecule has 0 bridgehead atoms. The molecule has 3 rings (SSSR count). The summed E-state index contributed by atoms with van der Waals surface area (Å²) < 4.78 is 5.05. The zero-order valence-electron chi connectivity index (χ0n) is 14.8. The van der Waals surface area contributed by atoms with Crippen molar-refractivity contribution < 1.29 is 14.0 Å². The van der Waals surface area contributed by atoms with Gasteiger partial charge in [0.25, 0.3) is 5.91 Å². The van der Waals surface area contributed by atoms with Crippen molar-refractivity contribution in [3.8, 4) is 0 Å². The van der Waals surface area contributed by atoms with Gasteiger partial charge in [-0.1, -0.05) is 30.3 Å². The monoisotopic (exact) mass is 380 g/mol. The molecule has 2 aromatic carbocycles. The first-order valence-corrected chi connectivity index (χ1v) is 9.58. The summed E-state index contributed by atoms with van der Waals surface area (Å²) in [6.07, 6.45) is 1.45. The van der Waals surface area contributed by atoms with Crippen molar-refractivity contribution in [2.24, 2.45) is 0 Å². The lowest BCUT2D eigenvalue weighted by Gasteiger charge is -2.12. The number of hydrogen-bond acceptors (Lipinski definition) is 4. The summed E-state index contributed by atoms with van der Waals surface area (Å²) in [6, 6.07) is 20.3. The number of furan rings is 1. The predicted molar refractivity (Wildman–Crippen MR) is 109 cm³/mol. The van der Waals surface area contributed by atoms with Crippen LogP contribution < -0.4 is 10.6 Å². The maximum absolute atomic E-state index is 12.3. The molecule has 0 spiro atoms. The third kappa shape index (κ3) is 5.49. The lowest BCUT2D eigenvalue weighted by atomic mass is 10.2. The fourth-order valence-corrected chi connectivity index (χ4v) is 3.20. The number of carbonyl (C=O) groups is 2. The molecule has 0 saturated heterocycles. The van der Waals surface area contributed by atoms with Gasteiger partial charge in [-0.3, -0.25) is 9.59 Å². The number of benzene rings is 2. The van der Waals surface area contributed by atoms with Crippen LogP contribution in [0.5, 0.6) is 0 Å². The van der Waals surface area contributed by atoms with Crippen LogP contribution in [0.25, 0.3) is 0 Å². The Kier molecular flexibility index (Phi) is 6.33. The van der Waals surface area contributed by atoms with Gasteiger partial charge in [-0.15, -0.1) is 11.8 Å². The van der Waals surface area contributed by atoms with E-state index < -0.39 is 0 Å². The number of amides is 2. The van der Waals surface area contributed by atoms with Crippen LogP contribution in [0.4, 0.5) is 11.4 Å². The van der Waals surface area contributed by atoms with Gasteiger partial charge < -0.3 is 15.1 Å². The summed E-state index contributed by atoms with van der Waals surface area (Å²) in [4.78, 5) is 24.3. The first-order valence-electron chi connectivity index (χ1n) is 8.53. The van der Waals surface area contributed by atoms with Crippen molar-refractivity contribution in [1.29, 1.82) is 0 Å². The van der Waals surface area contributed by atoms with Crippen molar-refractivity contribution in [3.63, 3.8) is 0 Å². The van der Waals surface area contributed by atoms with Gasteiger partial charge in [0.2, 0.25) is 5.91 Å². The Morgan fingerprint density at radius 1 is 0.926 bits per heavy atom. The fraction of sp³-hybridized carbons (Fsp3) is 0.143. The average Bonchev–Trinajstić information content (AvgIpc) is 3.23. The van der Waals surface area contributed by atoms with Gasteiger partial charge in [-0.2, -0.15) is 0 Å². The molecular formula is C21H20N2O3S. The molecule has 6 heteroatoms. The van der Waals surface area contributed by atoms with Crippen LogP contribution in [-0.4, -0.2) is 17.1 Å². The van der Waals surface area contributed by atoms with E-state index in [2.05, 4.69) is 10.6 Å². The van der Waals surface area contributed by atoms with Gasteiger partial charge in [0, 0.05) is 17.1 Å². The number of anilines is 2. The van der Waals surface area contributed by atoms with E-state index in [9.17, 15) is 9.59 Å². The highest BCUT2D eigenvalue weighted by Crippen LogP contribution is 2.20. The molecular weight excluding hydrogens is 360 g/mol. The van der Waals surface area contributed by atoms with Gasteiger partial charge in [-0.25, -0.2) is 0 Å². The highest BCUT2D eigenvalue weighted by atomic mass is 32.2. The maximum Gasteiger partial charge on any atom is 0.291 e. The second-order valence-electron chi connectivity index (χ2n) is 5.94. The molecule has 27 heavy (non-hydrogen) atoms. The molecule has 1 heterocycles. The molecule has 1 unspecified atom stereocenters. The van der Waals surface area contributed by atoms with Crippen molar-refractivity contribution in [1.82, 2.24) is 0 Å². The number of thioether (sulfide) groups is 1. The highest BCUT2D eigenvalue weighted by molar-refractivity contribution is 7.99. The Hall–Kier alpha value is -2.99. The minimum Gasteiger partial charge on any atom is -0.459 e. The van der Waals surface area contributed by atoms with Gasteiger partial charge in [-0.05, 0) is 48.9 Å². The van der Waals surface area contributed by atoms with Crippen LogP contribution >= 0.6 is 11.8 Å². The summed E-state index contributed by atoms with van der Waals surface area (Å²) in [5.74, 6) is 0.662. The topological polar surface area (TPSA) is 71.3 Å². The molecule has 5 nitrogen and oxygen atoms in total. The number of hydrogen-bond donors (Lipinski definition) is 2. The summed E-state index contributed by atoms with van der Waals surface area (Å²) in [5.41, 5.74) is 2.50. The molecule has 1 aromatic heterocycles. The molecule has 0 aliphatic carbocycles. The van der Waals surface area contributed by atoms with Crippen molar-refractivity contribution in [2.75, 3.05) is 10.6 Å². The summed E-state index contributed by atoms with van der Waals surface area (Å²) in [6.45, 7) is 1.89. The quantitative estimate of drug-likeness (QED) is 0.618. The van der Waals surface area contributed by atoms with Gasteiger partial charge >= 0.3 is 0 Å². The van der Waals surface area contributed by atoms with Crippen LogP contribution in [0.3, 0.4) is 0 Å². The van der Waals surface area contributed by atoms with E-state index in [0.29, 0.717) is 11.4 Å². The first-order chi connectivity index (χ1) is 13.1. The normalized spacial score (nSPS) is 11.6. The zero-order valence-corrected chi connectivity index (χ0v) is 15.7. The average molecular weight is 380 g/mol. The number of rotatable bonds is 7. The standard InChI is InChI=1S/C21H20N2O3S/c1-15(27-14-16-6-3-2-4-7-16)20(24)22-17-9-11-18(12-10-17)23-21(25)19-8-5-13-26-19/h2-13,15H,14H2,1H3,(H,22,24)(H,23,25). The van der Waals surface area contributed by atoms with E-state index in [1.54, 1.807) is 48.2 Å². The molecule has 2 amide bonds. The second-order valence-corrected chi connectivity index (χ2v) is 7.27. The van der Waals surface area contributed by atoms with Crippen LogP contribution in [0.2, 0.25) is 0 Å². The van der Waals surface area contributed by atoms with Crippen LogP contribution in [0.1, 0.15) is 23.0 Å². The number of nitrogens with one attached hydrogen (secondary N) is 2. The van der Waals surface area contributed by atoms with E-state index >= 15 is 0 Å². The Morgan fingerprint density at radius 3 is 2.22 bits per heavy atom. The van der Waals surface area contributed by atoms with Crippen molar-refractivity contribution in [2.45, 2.75) is 17.9 Å². The van der Waals surface area contributed by atoms with Gasteiger partial charge in [0.15, 0.2) is 5.76 Å². The second kappa shape index (κ2) is 9.09. The van der Waals surface area contributed by atoms with Crippen molar-refractivity contribution in [3.05, 3.63) is 84.3 Å². The smallest absolute Gasteiger partial charge is 0.291 e. The lowest BCUT2D eigenvalue weighted by molar-refractivity contribution is -0.115. The SMILES string of the molecule is CC(SCc1ccccc1)C(=O)Nc1ccc(NC(=O)c2ccco2)cc1. The Balaban J connectivity index is 1.49. The molecule has 0 saturated carbocycles. The lowest BCUT2D eigenvalue weighted by Crippen LogP contribution is -2.22. The molecule has 0 aliphatic heterocycles. The van der Waals surface area contributed by atoms with E-state index in [1.165, 1.54) is 11.8 Å². The third-order valence-electron chi connectivity index (χ3n) is 3.87. The van der Waals surface area contributed by atoms with Crippen LogP contribution in [-0.2, 0) is 10.5 Å². The summed E-state index contributed by atoms with van der Waals surface area (Å²) >= 11 is 1.59. The zero-order chi connectivity index (χ0) is 19.1. The van der Waals surface area contributed by atoms with Crippen LogP contribution in [0, 0.1) is 0 Å². The highest BCUT2D eigenvalue weighted by Gasteiger charge is 2.14. The molecule has 138 valence electrons. The fourth-order valence-electron chi connectivity index (χ4n) is 2.35. The van der Waals surface area contributed by atoms with Gasteiger partial charge in [0.1, 0.15) is 0 Å². The molecule has 3 aromatic rings. The Labute approximate surface area is 162 Å². The number of carbonyl (C=O) groups excluding carboxylic acids is 2. The third-order valence-corrected chi connectivity index (χ3v) is 5.08. The Bertz CT molecular complexity index is 878. The predicted octanol–water partition coefficient (Wildman–Crippen LogP) is 4.79. The molecule has 0 radical (unpaired) electrons. The Morgan fingerprint density at radius 2 is 1.59 bits per heavy atom. The minimum atomic E-state index is -0.317. The largest absolute Gasteiger partial charge is 0.459 e. The molecule has 0 aliphatic rings. The van der Waals surface area contributed by atoms with E-state index in [4.69, 9.17) is 4.42 Å².